The minimum atomic E-state index is -1.91. The topological polar surface area (TPSA) is 789 Å². The number of aliphatic imine (C=N–C) groups is 6. The molecule has 0 heterocycles. The van der Waals surface area contributed by atoms with Crippen LogP contribution >= 0.6 is 0 Å². The number of carboxylic acid groups (broad SMARTS) is 2. The van der Waals surface area contributed by atoms with E-state index in [1.165, 1.54) is 0 Å². The largest absolute Gasteiger partial charge is 0.481 e. The average molecular weight is 1330 g/mol. The van der Waals surface area contributed by atoms with Crippen molar-refractivity contribution in [1.82, 2.24) is 42.5 Å². The molecule has 42 heteroatoms. The zero-order chi connectivity index (χ0) is 70.6. The zero-order valence-corrected chi connectivity index (χ0v) is 52.1. The van der Waals surface area contributed by atoms with Crippen LogP contribution in [0.2, 0.25) is 0 Å². The maximum absolute atomic E-state index is 14.5. The molecule has 526 valence electrons. The molecule has 0 saturated carbocycles. The Kier molecular flexibility index (Phi) is 41.6. The highest BCUT2D eigenvalue weighted by molar-refractivity contribution is 5.99. The van der Waals surface area contributed by atoms with Gasteiger partial charge in [-0.05, 0) is 109 Å². The van der Waals surface area contributed by atoms with E-state index in [0.29, 0.717) is 6.42 Å². The summed E-state index contributed by atoms with van der Waals surface area (Å²) in [4.78, 5) is 173. The lowest BCUT2D eigenvalue weighted by molar-refractivity contribution is -0.142. The van der Waals surface area contributed by atoms with Gasteiger partial charge in [-0.1, -0.05) is 0 Å². The van der Waals surface area contributed by atoms with Gasteiger partial charge in [0.05, 0.1) is 12.5 Å². The molecular weight excluding hydrogens is 1230 g/mol. The van der Waals surface area contributed by atoms with Crippen molar-refractivity contribution in [2.24, 2.45) is 116 Å². The predicted octanol–water partition coefficient (Wildman–Crippen LogP) is -11.5. The van der Waals surface area contributed by atoms with Crippen molar-refractivity contribution in [1.29, 1.82) is 0 Å². The molecule has 0 radical (unpaired) electrons. The SMILES string of the molecule is NCCCC[C@H](NC(=O)[C@H](N)CCCN=C(N)N)C(=O)N[C@@H](CC(=O)O)C(=O)N[C@@H](CCCN=C(N)N)C(=O)N[C@H](CCCN=C(N)N)C(=O)N[C@@H](CCC(N)=O)C(=O)N[C@@H](CCCN=C(N)N)C(=O)N[C@@H](CCCN=C(N)N)C(=O)N[C@H](CCCN=C(N)N)C(=O)O. The van der Waals surface area contributed by atoms with Gasteiger partial charge in [0.25, 0.3) is 0 Å². The number of carbonyl (C=O) groups is 11. The number of carbonyl (C=O) groups excluding carboxylic acids is 9. The Morgan fingerprint density at radius 3 is 0.806 bits per heavy atom. The van der Waals surface area contributed by atoms with Crippen LogP contribution in [-0.2, 0) is 52.7 Å². The second kappa shape index (κ2) is 46.7. The van der Waals surface area contributed by atoms with Crippen molar-refractivity contribution in [2.45, 2.75) is 170 Å². The quantitative estimate of drug-likeness (QED) is 0.0153. The van der Waals surface area contributed by atoms with Crippen LogP contribution in [0.1, 0.15) is 116 Å². The van der Waals surface area contributed by atoms with Crippen molar-refractivity contribution in [3.63, 3.8) is 0 Å². The third-order valence-electron chi connectivity index (χ3n) is 13.1. The predicted molar refractivity (Wildman–Crippen MR) is 344 cm³/mol. The first-order valence-electron chi connectivity index (χ1n) is 29.7. The summed E-state index contributed by atoms with van der Waals surface area (Å²) in [7, 11) is 0. The Morgan fingerprint density at radius 2 is 0.538 bits per heavy atom. The Bertz CT molecular complexity index is 2620. The number of nitrogens with two attached hydrogens (primary N) is 15. The lowest BCUT2D eigenvalue weighted by Crippen LogP contribution is -2.60. The standard InChI is InChI=1S/C51H99N29O13/c52-18-2-1-10-27(73-37(84)26(53)9-3-19-67-46(55)56)42(89)80-34(25-36(82)83)44(91)77-30(13-6-22-70-49(61)62)39(86)74-29(12-5-21-69-48(59)60)40(87)78-32(16-17-35(54)81)43(90)76-28(11-4-20-68-47(57)58)38(85)75-31(14-7-23-71-50(63)64)41(88)79-33(45(92)93)15-8-24-72-51(65)66/h26-34H,1-25,52-53H2,(H2,54,81)(H,73,84)(H,74,86)(H,75,85)(H,76,90)(H,77,91)(H,78,87)(H,79,88)(H,80,89)(H,82,83)(H,92,93)(H4,55,56,67)(H4,57,58,68)(H4,59,60,69)(H4,61,62,70)(H4,63,64,71)(H4,65,66,72)/t26-,27+,28+,29-,30+,31+,32+,33-,34+/m1/s1. The highest BCUT2D eigenvalue weighted by Gasteiger charge is 2.36. The molecule has 0 aromatic rings. The van der Waals surface area contributed by atoms with Crippen LogP contribution in [0.25, 0.3) is 0 Å². The van der Waals surface area contributed by atoms with Crippen LogP contribution < -0.4 is 129 Å². The van der Waals surface area contributed by atoms with Crippen LogP contribution in [0.5, 0.6) is 0 Å². The summed E-state index contributed by atoms with van der Waals surface area (Å²) in [5.41, 5.74) is 82.7. The molecule has 93 heavy (non-hydrogen) atoms. The van der Waals surface area contributed by atoms with E-state index in [-0.39, 0.29) is 171 Å². The number of hydrogen-bond donors (Lipinski definition) is 25. The Hall–Kier alpha value is -10.3. The van der Waals surface area contributed by atoms with E-state index in [4.69, 9.17) is 86.0 Å². The zero-order valence-electron chi connectivity index (χ0n) is 52.1. The summed E-state index contributed by atoms with van der Waals surface area (Å²) in [6.45, 7) is 0.0120. The molecule has 0 aliphatic heterocycles. The van der Waals surface area contributed by atoms with E-state index in [9.17, 15) is 63.0 Å². The highest BCUT2D eigenvalue weighted by atomic mass is 16.4. The molecule has 0 spiro atoms. The van der Waals surface area contributed by atoms with Crippen molar-refractivity contribution in [3.8, 4) is 0 Å². The van der Waals surface area contributed by atoms with Crippen LogP contribution in [-0.4, -0.2) is 211 Å². The second-order valence-corrected chi connectivity index (χ2v) is 21.0. The van der Waals surface area contributed by atoms with Gasteiger partial charge in [-0.3, -0.25) is 77.9 Å². The third-order valence-corrected chi connectivity index (χ3v) is 13.1. The van der Waals surface area contributed by atoms with Gasteiger partial charge >= 0.3 is 11.9 Å². The summed E-state index contributed by atoms with van der Waals surface area (Å²) < 4.78 is 0. The highest BCUT2D eigenvalue weighted by Crippen LogP contribution is 2.12. The smallest absolute Gasteiger partial charge is 0.326 e. The van der Waals surface area contributed by atoms with Gasteiger partial charge in [0.15, 0.2) is 35.8 Å². The summed E-state index contributed by atoms with van der Waals surface area (Å²) in [6, 6.07) is -14.1. The molecule has 0 aromatic heterocycles. The molecule has 9 atom stereocenters. The monoisotopic (exact) mass is 1330 g/mol. The summed E-state index contributed by atoms with van der Waals surface area (Å²) in [6.07, 6.45) is -2.20. The number of nitrogens with zero attached hydrogens (tertiary/aromatic N) is 6. The number of nitrogens with one attached hydrogen (secondary N) is 8. The Morgan fingerprint density at radius 1 is 0.301 bits per heavy atom. The van der Waals surface area contributed by atoms with Crippen LogP contribution in [0, 0.1) is 0 Å². The molecule has 9 amide bonds. The minimum absolute atomic E-state index is 0.00261. The van der Waals surface area contributed by atoms with Gasteiger partial charge in [-0.15, -0.1) is 0 Å². The molecule has 0 bridgehead atoms. The van der Waals surface area contributed by atoms with Gasteiger partial charge in [0, 0.05) is 45.7 Å². The van der Waals surface area contributed by atoms with E-state index in [2.05, 4.69) is 72.5 Å². The van der Waals surface area contributed by atoms with Crippen LogP contribution in [0.15, 0.2) is 30.0 Å². The number of hydrogen-bond acceptors (Lipinski definition) is 19. The number of rotatable bonds is 50. The number of carboxylic acids is 2. The lowest BCUT2D eigenvalue weighted by atomic mass is 10.0. The fourth-order valence-corrected chi connectivity index (χ4v) is 8.39. The van der Waals surface area contributed by atoms with Crippen molar-refractivity contribution in [3.05, 3.63) is 0 Å². The Labute approximate surface area is 536 Å². The number of primary amides is 1. The van der Waals surface area contributed by atoms with E-state index < -0.39 is 139 Å². The van der Waals surface area contributed by atoms with Gasteiger partial charge in [0.1, 0.15) is 48.3 Å². The summed E-state index contributed by atoms with van der Waals surface area (Å²) >= 11 is 0. The van der Waals surface area contributed by atoms with Crippen LogP contribution in [0.3, 0.4) is 0 Å². The molecule has 42 nitrogen and oxygen atoms in total. The van der Waals surface area contributed by atoms with Crippen molar-refractivity contribution >= 4 is 101 Å². The number of unbranched alkanes of at least 4 members (excludes halogenated alkanes) is 1. The maximum atomic E-state index is 14.5. The first kappa shape index (κ1) is 82.7. The average Bonchev–Trinajstić information content (AvgIpc) is 3.67. The molecule has 0 fully saturated rings. The maximum Gasteiger partial charge on any atom is 0.326 e. The molecule has 40 N–H and O–H groups in total. The van der Waals surface area contributed by atoms with E-state index in [1.807, 2.05) is 0 Å². The van der Waals surface area contributed by atoms with Crippen molar-refractivity contribution in [2.75, 3.05) is 45.8 Å². The summed E-state index contributed by atoms with van der Waals surface area (Å²) in [5.74, 6) is -13.9. The number of amides is 9. The van der Waals surface area contributed by atoms with E-state index in [1.54, 1.807) is 0 Å². The number of aliphatic carboxylic acids is 2. The molecule has 0 aliphatic rings. The Balaban J connectivity index is 7.42. The summed E-state index contributed by atoms with van der Waals surface area (Å²) in [5, 5.41) is 39.5. The molecule has 0 rings (SSSR count). The van der Waals surface area contributed by atoms with Crippen molar-refractivity contribution < 1.29 is 63.0 Å². The fourth-order valence-electron chi connectivity index (χ4n) is 8.39. The molecule has 0 saturated heterocycles. The van der Waals surface area contributed by atoms with Gasteiger partial charge in [-0.25, -0.2) is 4.79 Å². The molecule has 0 unspecified atom stereocenters. The first-order valence-corrected chi connectivity index (χ1v) is 29.7. The molecule has 0 aromatic carbocycles. The first-order chi connectivity index (χ1) is 43.8. The van der Waals surface area contributed by atoms with E-state index in [0.717, 1.165) is 0 Å². The number of guanidine groups is 6. The third kappa shape index (κ3) is 40.2. The molecule has 0 aliphatic carbocycles. The van der Waals surface area contributed by atoms with Gasteiger partial charge in [-0.2, -0.15) is 0 Å². The normalized spacial score (nSPS) is 13.6. The van der Waals surface area contributed by atoms with E-state index >= 15 is 0 Å². The second-order valence-electron chi connectivity index (χ2n) is 21.0. The minimum Gasteiger partial charge on any atom is -0.481 e. The molecular formula is C51H99N29O13. The van der Waals surface area contributed by atoms with Gasteiger partial charge in [0.2, 0.25) is 53.2 Å². The fraction of sp³-hybridized carbons (Fsp3) is 0.667. The lowest BCUT2D eigenvalue weighted by Gasteiger charge is -2.28. The van der Waals surface area contributed by atoms with Gasteiger partial charge < -0.3 is 139 Å². The van der Waals surface area contributed by atoms with Crippen LogP contribution in [0.4, 0.5) is 0 Å².